The third-order valence-electron chi connectivity index (χ3n) is 3.93. The van der Waals surface area contributed by atoms with Crippen LogP contribution in [0.2, 0.25) is 39.3 Å². The average molecular weight is 437 g/mol. The van der Waals surface area contributed by atoms with E-state index in [1.54, 1.807) is 0 Å². The van der Waals surface area contributed by atoms with E-state index in [1.807, 2.05) is 36.4 Å². The minimum absolute atomic E-state index is 0.363. The van der Waals surface area contributed by atoms with Gasteiger partial charge in [0.1, 0.15) is 16.1 Å². The molecule has 0 aliphatic rings. The van der Waals surface area contributed by atoms with Crippen molar-refractivity contribution in [1.82, 2.24) is 0 Å². The van der Waals surface area contributed by atoms with Crippen molar-refractivity contribution in [2.24, 2.45) is 0 Å². The Morgan fingerprint density at radius 3 is 1.24 bits per heavy atom. The van der Waals surface area contributed by atoms with Crippen molar-refractivity contribution in [2.45, 2.75) is 39.3 Å². The van der Waals surface area contributed by atoms with Gasteiger partial charge >= 0.3 is 8.56 Å². The Labute approximate surface area is 179 Å². The van der Waals surface area contributed by atoms with Crippen molar-refractivity contribution in [3.8, 4) is 22.9 Å². The lowest BCUT2D eigenvalue weighted by Crippen LogP contribution is -2.63. The van der Waals surface area contributed by atoms with Gasteiger partial charge in [-0.1, -0.05) is 112 Å². The van der Waals surface area contributed by atoms with Gasteiger partial charge in [-0.05, 0) is 10.4 Å². The van der Waals surface area contributed by atoms with Crippen LogP contribution in [0.4, 0.5) is 0 Å². The number of rotatable bonds is 6. The molecular formula is C24H32O2Si3. The first-order valence-corrected chi connectivity index (χ1v) is 18.8. The second-order valence-electron chi connectivity index (χ2n) is 9.03. The van der Waals surface area contributed by atoms with Crippen LogP contribution in [-0.4, -0.2) is 37.9 Å². The number of hydrogen-bond acceptors (Lipinski definition) is 2. The van der Waals surface area contributed by atoms with E-state index < -0.39 is 24.7 Å². The summed E-state index contributed by atoms with van der Waals surface area (Å²) in [6.07, 6.45) is 0. The zero-order valence-corrected chi connectivity index (χ0v) is 21.5. The summed E-state index contributed by atoms with van der Waals surface area (Å²) in [5.41, 5.74) is 6.79. The summed E-state index contributed by atoms with van der Waals surface area (Å²) in [6, 6.07) is 20.6. The zero-order valence-electron chi connectivity index (χ0n) is 18.5. The van der Waals surface area contributed by atoms with Crippen LogP contribution in [0.3, 0.4) is 0 Å². The van der Waals surface area contributed by atoms with Gasteiger partial charge in [0.25, 0.3) is 0 Å². The van der Waals surface area contributed by atoms with E-state index >= 15 is 0 Å². The van der Waals surface area contributed by atoms with Gasteiger partial charge in [0.2, 0.25) is 0 Å². The molecule has 2 rings (SSSR count). The maximum absolute atomic E-state index is 6.54. The van der Waals surface area contributed by atoms with Gasteiger partial charge in [-0.15, -0.1) is 11.1 Å². The van der Waals surface area contributed by atoms with Crippen LogP contribution in [0.1, 0.15) is 0 Å². The van der Waals surface area contributed by atoms with Gasteiger partial charge in [-0.3, -0.25) is 0 Å². The molecule has 2 aromatic rings. The Kier molecular flexibility index (Phi) is 8.27. The number of hydrogen-bond donors (Lipinski definition) is 0. The quantitative estimate of drug-likeness (QED) is 0.503. The minimum atomic E-state index is -2.91. The normalized spacial score (nSPS) is 11.8. The predicted molar refractivity (Wildman–Crippen MR) is 132 cm³/mol. The fourth-order valence-corrected chi connectivity index (χ4v) is 6.84. The van der Waals surface area contributed by atoms with Crippen LogP contribution in [0.5, 0.6) is 0 Å². The Balaban J connectivity index is 2.43. The molecular weight excluding hydrogens is 405 g/mol. The Bertz CT molecular complexity index is 813. The second-order valence-corrected chi connectivity index (χ2v) is 21.5. The lowest BCUT2D eigenvalue weighted by atomic mass is 10.4. The van der Waals surface area contributed by atoms with Gasteiger partial charge < -0.3 is 8.85 Å². The molecule has 152 valence electrons. The van der Waals surface area contributed by atoms with E-state index in [0.717, 1.165) is 10.4 Å². The van der Waals surface area contributed by atoms with Gasteiger partial charge in [0.15, 0.2) is 0 Å². The lowest BCUT2D eigenvalue weighted by Gasteiger charge is -2.30. The van der Waals surface area contributed by atoms with Crippen molar-refractivity contribution >= 4 is 35.1 Å². The van der Waals surface area contributed by atoms with Crippen molar-refractivity contribution in [3.05, 3.63) is 60.7 Å². The fourth-order valence-electron chi connectivity index (χ4n) is 2.73. The van der Waals surface area contributed by atoms with Crippen LogP contribution in [-0.2, 0) is 8.85 Å². The maximum Gasteiger partial charge on any atom is 0.408 e. The molecule has 0 bridgehead atoms. The Hall–Kier alpha value is -1.87. The predicted octanol–water partition coefficient (Wildman–Crippen LogP) is 4.04. The van der Waals surface area contributed by atoms with Crippen LogP contribution >= 0.6 is 0 Å². The van der Waals surface area contributed by atoms with E-state index in [1.165, 1.54) is 0 Å². The summed E-state index contributed by atoms with van der Waals surface area (Å²) in [4.78, 5) is 0. The molecule has 2 aromatic carbocycles. The van der Waals surface area contributed by atoms with E-state index in [-0.39, 0.29) is 0 Å². The van der Waals surface area contributed by atoms with Crippen molar-refractivity contribution < 1.29 is 8.85 Å². The van der Waals surface area contributed by atoms with Crippen molar-refractivity contribution in [1.29, 1.82) is 0 Å². The fraction of sp³-hybridized carbons (Fsp3) is 0.333. The zero-order chi connectivity index (χ0) is 21.4. The minimum Gasteiger partial charge on any atom is -0.376 e. The molecule has 0 aromatic heterocycles. The van der Waals surface area contributed by atoms with Crippen LogP contribution in [0, 0.1) is 22.9 Å². The lowest BCUT2D eigenvalue weighted by molar-refractivity contribution is 0.233. The molecule has 0 N–H and O–H groups in total. The summed E-state index contributed by atoms with van der Waals surface area (Å²) in [5.74, 6) is 6.50. The van der Waals surface area contributed by atoms with Gasteiger partial charge in [0, 0.05) is 0 Å². The first-order chi connectivity index (χ1) is 13.6. The first-order valence-electron chi connectivity index (χ1n) is 10.0. The van der Waals surface area contributed by atoms with E-state index in [4.69, 9.17) is 8.85 Å². The molecule has 29 heavy (non-hydrogen) atoms. The SMILES string of the molecule is C[Si](C)(C)C#CCO[Si](OCC#C[Si](C)(C)C)(c1ccccc1)c1ccccc1. The molecule has 0 fully saturated rings. The molecule has 5 heteroatoms. The topological polar surface area (TPSA) is 18.5 Å². The highest BCUT2D eigenvalue weighted by atomic mass is 28.4. The molecule has 0 spiro atoms. The molecule has 0 saturated heterocycles. The van der Waals surface area contributed by atoms with Gasteiger partial charge in [-0.25, -0.2) is 0 Å². The number of benzene rings is 2. The highest BCUT2D eigenvalue weighted by Gasteiger charge is 2.42. The van der Waals surface area contributed by atoms with Gasteiger partial charge in [-0.2, -0.15) is 0 Å². The smallest absolute Gasteiger partial charge is 0.376 e. The largest absolute Gasteiger partial charge is 0.408 e. The molecule has 0 aliphatic heterocycles. The molecule has 0 amide bonds. The Morgan fingerprint density at radius 2 is 0.931 bits per heavy atom. The average Bonchev–Trinajstić information content (AvgIpc) is 2.67. The van der Waals surface area contributed by atoms with E-state index in [9.17, 15) is 0 Å². The Morgan fingerprint density at radius 1 is 0.586 bits per heavy atom. The molecule has 0 heterocycles. The van der Waals surface area contributed by atoms with E-state index in [2.05, 4.69) is 86.5 Å². The highest BCUT2D eigenvalue weighted by molar-refractivity contribution is 6.92. The monoisotopic (exact) mass is 436 g/mol. The summed E-state index contributed by atoms with van der Waals surface area (Å²) < 4.78 is 13.1. The molecule has 2 nitrogen and oxygen atoms in total. The standard InChI is InChI=1S/C24H32O2Si3/c1-27(2,3)21-13-19-25-29(23-15-9-7-10-16-23,24-17-11-8-12-18-24)26-20-14-22-28(4,5)6/h7-12,15-18H,19-20H2,1-6H3. The molecule has 0 radical (unpaired) electrons. The molecule has 0 aliphatic carbocycles. The summed E-state index contributed by atoms with van der Waals surface area (Å²) in [6.45, 7) is 14.2. The highest BCUT2D eigenvalue weighted by Crippen LogP contribution is 2.10. The molecule has 0 saturated carbocycles. The maximum atomic E-state index is 6.54. The van der Waals surface area contributed by atoms with Crippen molar-refractivity contribution in [3.63, 3.8) is 0 Å². The van der Waals surface area contributed by atoms with Crippen molar-refractivity contribution in [2.75, 3.05) is 13.2 Å². The van der Waals surface area contributed by atoms with Gasteiger partial charge in [0.05, 0.1) is 13.2 Å². The summed E-state index contributed by atoms with van der Waals surface area (Å²) in [5, 5.41) is 2.16. The molecule has 0 atom stereocenters. The molecule has 0 unspecified atom stereocenters. The second kappa shape index (κ2) is 10.2. The first kappa shape index (κ1) is 23.4. The third-order valence-corrected chi connectivity index (χ3v) is 9.07. The summed E-state index contributed by atoms with van der Waals surface area (Å²) >= 11 is 0. The van der Waals surface area contributed by atoms with Crippen LogP contribution < -0.4 is 10.4 Å². The van der Waals surface area contributed by atoms with Crippen LogP contribution in [0.25, 0.3) is 0 Å². The van der Waals surface area contributed by atoms with Crippen LogP contribution in [0.15, 0.2) is 60.7 Å². The third kappa shape index (κ3) is 7.81. The van der Waals surface area contributed by atoms with E-state index in [0.29, 0.717) is 13.2 Å². The summed E-state index contributed by atoms with van der Waals surface area (Å²) in [7, 11) is -5.81.